The van der Waals surface area contributed by atoms with Crippen molar-refractivity contribution in [2.45, 2.75) is 24.9 Å². The number of amides is 1. The monoisotopic (exact) mass is 266 g/mol. The molecule has 19 heavy (non-hydrogen) atoms. The molecule has 2 rings (SSSR count). The number of primary amides is 1. The maximum atomic E-state index is 13.1. The lowest BCUT2D eigenvalue weighted by Crippen LogP contribution is -2.47. The molecule has 0 aromatic heterocycles. The van der Waals surface area contributed by atoms with Gasteiger partial charge in [-0.15, -0.1) is 0 Å². The van der Waals surface area contributed by atoms with Crippen LogP contribution in [0, 0.1) is 5.82 Å². The van der Waals surface area contributed by atoms with Crippen LogP contribution in [-0.4, -0.2) is 41.1 Å². The first-order valence-corrected chi connectivity index (χ1v) is 6.44. The van der Waals surface area contributed by atoms with Crippen molar-refractivity contribution in [3.05, 3.63) is 35.6 Å². The van der Waals surface area contributed by atoms with Crippen molar-refractivity contribution in [3.63, 3.8) is 0 Å². The zero-order valence-corrected chi connectivity index (χ0v) is 10.8. The Hall–Kier alpha value is -1.46. The first-order valence-electron chi connectivity index (χ1n) is 6.44. The van der Waals surface area contributed by atoms with E-state index in [0.717, 1.165) is 5.56 Å². The number of likely N-dealkylation sites (tertiary alicyclic amines) is 1. The van der Waals surface area contributed by atoms with Gasteiger partial charge in [-0.25, -0.2) is 4.39 Å². The third-order valence-electron chi connectivity index (χ3n) is 3.59. The Kier molecular flexibility index (Phi) is 4.17. The molecule has 0 bridgehead atoms. The first kappa shape index (κ1) is 14.0. The predicted molar refractivity (Wildman–Crippen MR) is 69.9 cm³/mol. The fraction of sp³-hybridized carbons (Fsp3) is 0.500. The van der Waals surface area contributed by atoms with Crippen LogP contribution >= 0.6 is 0 Å². The Morgan fingerprint density at radius 2 is 2.11 bits per heavy atom. The van der Waals surface area contributed by atoms with Gasteiger partial charge in [-0.2, -0.15) is 0 Å². The van der Waals surface area contributed by atoms with Crippen LogP contribution in [0.1, 0.15) is 18.4 Å². The Labute approximate surface area is 112 Å². The molecule has 0 radical (unpaired) electrons. The Bertz CT molecular complexity index is 457. The van der Waals surface area contributed by atoms with E-state index in [4.69, 9.17) is 5.73 Å². The van der Waals surface area contributed by atoms with Crippen molar-refractivity contribution in [3.8, 4) is 0 Å². The van der Waals surface area contributed by atoms with Gasteiger partial charge in [0.2, 0.25) is 5.91 Å². The summed E-state index contributed by atoms with van der Waals surface area (Å²) >= 11 is 0. The van der Waals surface area contributed by atoms with E-state index in [2.05, 4.69) is 0 Å². The summed E-state index contributed by atoms with van der Waals surface area (Å²) in [5, 5.41) is 10.5. The van der Waals surface area contributed by atoms with Crippen molar-refractivity contribution in [1.82, 2.24) is 4.90 Å². The molecular formula is C14H19FN2O2. The molecule has 0 aliphatic carbocycles. The van der Waals surface area contributed by atoms with Crippen LogP contribution in [-0.2, 0) is 11.2 Å². The van der Waals surface area contributed by atoms with Crippen LogP contribution in [0.25, 0.3) is 0 Å². The third kappa shape index (κ3) is 4.01. The second-order valence-electron chi connectivity index (χ2n) is 5.27. The van der Waals surface area contributed by atoms with Gasteiger partial charge in [0.15, 0.2) is 0 Å². The highest BCUT2D eigenvalue weighted by molar-refractivity contribution is 5.75. The van der Waals surface area contributed by atoms with Gasteiger partial charge in [0, 0.05) is 19.5 Å². The molecule has 0 saturated carbocycles. The van der Waals surface area contributed by atoms with Gasteiger partial charge in [-0.3, -0.25) is 9.69 Å². The molecule has 1 aromatic rings. The van der Waals surface area contributed by atoms with Crippen molar-refractivity contribution < 1.29 is 14.3 Å². The van der Waals surface area contributed by atoms with Gasteiger partial charge in [0.25, 0.3) is 0 Å². The molecule has 5 heteroatoms. The highest BCUT2D eigenvalue weighted by Crippen LogP contribution is 2.26. The van der Waals surface area contributed by atoms with Crippen LogP contribution in [0.3, 0.4) is 0 Å². The summed E-state index contributed by atoms with van der Waals surface area (Å²) in [6.07, 6.45) is 1.57. The average molecular weight is 266 g/mol. The maximum Gasteiger partial charge on any atom is 0.231 e. The molecule has 1 aliphatic rings. The summed E-state index contributed by atoms with van der Waals surface area (Å²) in [6.45, 7) is 1.50. The van der Waals surface area contributed by atoms with Gasteiger partial charge < -0.3 is 10.8 Å². The number of halogens is 1. The molecule has 0 unspecified atom stereocenters. The number of nitrogens with zero attached hydrogens (tertiary/aromatic N) is 1. The number of carbonyl (C=O) groups is 1. The topological polar surface area (TPSA) is 66.6 Å². The van der Waals surface area contributed by atoms with Gasteiger partial charge >= 0.3 is 0 Å². The smallest absolute Gasteiger partial charge is 0.231 e. The van der Waals surface area contributed by atoms with E-state index in [-0.39, 0.29) is 18.3 Å². The number of hydrogen-bond acceptors (Lipinski definition) is 3. The molecule has 1 saturated heterocycles. The summed E-state index contributed by atoms with van der Waals surface area (Å²) in [4.78, 5) is 12.8. The second-order valence-corrected chi connectivity index (χ2v) is 5.27. The molecule has 4 nitrogen and oxygen atoms in total. The number of hydrogen-bond donors (Lipinski definition) is 2. The lowest BCUT2D eigenvalue weighted by atomic mass is 9.85. The number of piperidine rings is 1. The minimum Gasteiger partial charge on any atom is -0.389 e. The molecule has 1 aliphatic heterocycles. The number of benzene rings is 1. The largest absolute Gasteiger partial charge is 0.389 e. The zero-order valence-electron chi connectivity index (χ0n) is 10.8. The predicted octanol–water partition coefficient (Wildman–Crippen LogP) is 0.680. The number of aliphatic hydroxyl groups is 1. The van der Waals surface area contributed by atoms with E-state index < -0.39 is 5.60 Å². The summed E-state index contributed by atoms with van der Waals surface area (Å²) in [6, 6.07) is 6.31. The minimum absolute atomic E-state index is 0.232. The van der Waals surface area contributed by atoms with Crippen molar-refractivity contribution in [2.75, 3.05) is 19.6 Å². The lowest BCUT2D eigenvalue weighted by molar-refractivity contribution is -0.120. The molecular weight excluding hydrogens is 247 g/mol. The molecule has 0 spiro atoms. The van der Waals surface area contributed by atoms with Gasteiger partial charge in [-0.05, 0) is 30.5 Å². The van der Waals surface area contributed by atoms with E-state index in [1.54, 1.807) is 6.07 Å². The van der Waals surface area contributed by atoms with E-state index >= 15 is 0 Å². The molecule has 104 valence electrons. The third-order valence-corrected chi connectivity index (χ3v) is 3.59. The SMILES string of the molecule is NC(=O)CN1CCC(O)(Cc2cccc(F)c2)CC1. The van der Waals surface area contributed by atoms with Crippen molar-refractivity contribution in [2.24, 2.45) is 5.73 Å². The molecule has 1 aromatic carbocycles. The second kappa shape index (κ2) is 5.67. The lowest BCUT2D eigenvalue weighted by Gasteiger charge is -2.37. The van der Waals surface area contributed by atoms with Crippen LogP contribution in [0.5, 0.6) is 0 Å². The van der Waals surface area contributed by atoms with Gasteiger partial charge in [-0.1, -0.05) is 12.1 Å². The van der Waals surface area contributed by atoms with Crippen LogP contribution in [0.2, 0.25) is 0 Å². The van der Waals surface area contributed by atoms with Gasteiger partial charge in [0.1, 0.15) is 5.82 Å². The molecule has 1 heterocycles. The molecule has 1 amide bonds. The van der Waals surface area contributed by atoms with Crippen molar-refractivity contribution >= 4 is 5.91 Å². The summed E-state index contributed by atoms with van der Waals surface area (Å²) in [7, 11) is 0. The maximum absolute atomic E-state index is 13.1. The fourth-order valence-corrected chi connectivity index (χ4v) is 2.55. The van der Waals surface area contributed by atoms with Crippen molar-refractivity contribution in [1.29, 1.82) is 0 Å². The normalized spacial score (nSPS) is 19.3. The Morgan fingerprint density at radius 1 is 1.42 bits per heavy atom. The first-order chi connectivity index (χ1) is 8.97. The molecule has 1 fully saturated rings. The summed E-state index contributed by atoms with van der Waals surface area (Å²) < 4.78 is 13.1. The van der Waals surface area contributed by atoms with Gasteiger partial charge in [0.05, 0.1) is 12.1 Å². The number of rotatable bonds is 4. The van der Waals surface area contributed by atoms with Crippen LogP contribution in [0.4, 0.5) is 4.39 Å². The fourth-order valence-electron chi connectivity index (χ4n) is 2.55. The quantitative estimate of drug-likeness (QED) is 0.842. The van der Waals surface area contributed by atoms with E-state index in [1.165, 1.54) is 12.1 Å². The van der Waals surface area contributed by atoms with Crippen LogP contribution < -0.4 is 5.73 Å². The molecule has 0 atom stereocenters. The standard InChI is InChI=1S/C14H19FN2O2/c15-12-3-1-2-11(8-12)9-14(19)4-6-17(7-5-14)10-13(16)18/h1-3,8,19H,4-7,9-10H2,(H2,16,18). The zero-order chi connectivity index (χ0) is 13.9. The minimum atomic E-state index is -0.818. The number of carbonyl (C=O) groups excluding carboxylic acids is 1. The summed E-state index contributed by atoms with van der Waals surface area (Å²) in [5.74, 6) is -0.636. The van der Waals surface area contributed by atoms with E-state index in [9.17, 15) is 14.3 Å². The van der Waals surface area contributed by atoms with Crippen LogP contribution in [0.15, 0.2) is 24.3 Å². The van der Waals surface area contributed by atoms with E-state index in [1.807, 2.05) is 11.0 Å². The Morgan fingerprint density at radius 3 is 2.68 bits per heavy atom. The average Bonchev–Trinajstić information content (AvgIpc) is 2.32. The highest BCUT2D eigenvalue weighted by atomic mass is 19.1. The number of nitrogens with two attached hydrogens (primary N) is 1. The summed E-state index contributed by atoms with van der Waals surface area (Å²) in [5.41, 5.74) is 5.13. The highest BCUT2D eigenvalue weighted by Gasteiger charge is 2.32. The van der Waals surface area contributed by atoms with E-state index in [0.29, 0.717) is 32.4 Å². The molecule has 3 N–H and O–H groups in total. The Balaban J connectivity index is 1.93.